The van der Waals surface area contributed by atoms with E-state index in [0.29, 0.717) is 5.56 Å². The van der Waals surface area contributed by atoms with E-state index in [-0.39, 0.29) is 22.5 Å². The fraction of sp³-hybridized carbons (Fsp3) is 0.250. The molecule has 0 heterocycles. The van der Waals surface area contributed by atoms with Crippen LogP contribution in [0.2, 0.25) is 0 Å². The van der Waals surface area contributed by atoms with Crippen LogP contribution in [0.25, 0.3) is 0 Å². The molecule has 0 aliphatic rings. The first-order valence-electron chi connectivity index (χ1n) is 3.55. The third-order valence-electron chi connectivity index (χ3n) is 1.65. The molecule has 0 spiro atoms. The number of ether oxygens (including phenoxy) is 1. The summed E-state index contributed by atoms with van der Waals surface area (Å²) in [6, 6.07) is 1.42. The number of rotatable bonds is 2. The second-order valence-corrected chi connectivity index (χ2v) is 3.27. The summed E-state index contributed by atoms with van der Waals surface area (Å²) in [6.07, 6.45) is 0. The molecule has 0 saturated carbocycles. The lowest BCUT2D eigenvalue weighted by Crippen LogP contribution is -2.00. The normalized spacial score (nSPS) is 10.2. The minimum absolute atomic E-state index is 0.126. The average Bonchev–Trinajstić information content (AvgIpc) is 2.12. The highest BCUT2D eigenvalue weighted by Crippen LogP contribution is 2.36. The molecule has 0 unspecified atom stereocenters. The molecule has 72 valence electrons. The van der Waals surface area contributed by atoms with Gasteiger partial charge in [-0.1, -0.05) is 0 Å². The van der Waals surface area contributed by atoms with Gasteiger partial charge in [-0.05, 0) is 22.0 Å². The Kier molecular flexibility index (Phi) is 3.11. The predicted molar refractivity (Wildman–Crippen MR) is 50.2 cm³/mol. The van der Waals surface area contributed by atoms with Crippen molar-refractivity contribution in [2.75, 3.05) is 7.11 Å². The van der Waals surface area contributed by atoms with Crippen molar-refractivity contribution in [3.63, 3.8) is 0 Å². The molecule has 0 saturated heterocycles. The third-order valence-corrected chi connectivity index (χ3v) is 2.23. The number of aromatic hydroxyl groups is 1. The molecule has 0 aromatic heterocycles. The first-order chi connectivity index (χ1) is 6.11. The van der Waals surface area contributed by atoms with E-state index in [1.807, 2.05) is 0 Å². The lowest BCUT2D eigenvalue weighted by atomic mass is 10.2. The summed E-state index contributed by atoms with van der Waals surface area (Å²) < 4.78 is 18.1. The maximum Gasteiger partial charge on any atom is 0.198 e. The molecule has 0 atom stereocenters. The van der Waals surface area contributed by atoms with Gasteiger partial charge in [0.05, 0.1) is 11.6 Å². The maximum absolute atomic E-state index is 13.2. The van der Waals surface area contributed by atoms with Gasteiger partial charge in [0.1, 0.15) is 0 Å². The van der Waals surface area contributed by atoms with Crippen molar-refractivity contribution in [1.82, 2.24) is 0 Å². The molecule has 13 heavy (non-hydrogen) atoms. The average molecular weight is 250 g/mol. The van der Waals surface area contributed by atoms with Gasteiger partial charge in [-0.2, -0.15) is 0 Å². The molecule has 0 fully saturated rings. The highest BCUT2D eigenvalue weighted by molar-refractivity contribution is 9.10. The molecular formula is C8H9BrFNO2. The zero-order chi connectivity index (χ0) is 10.0. The number of nitrogens with two attached hydrogens (primary N) is 1. The SMILES string of the molecule is COc1c(O)c(CN)cc(Br)c1F. The van der Waals surface area contributed by atoms with E-state index in [4.69, 9.17) is 5.73 Å². The molecule has 1 aromatic carbocycles. The Hall–Kier alpha value is -0.810. The van der Waals surface area contributed by atoms with Crippen LogP contribution in [-0.2, 0) is 6.54 Å². The largest absolute Gasteiger partial charge is 0.504 e. The van der Waals surface area contributed by atoms with Crippen molar-refractivity contribution in [2.24, 2.45) is 5.73 Å². The highest BCUT2D eigenvalue weighted by atomic mass is 79.9. The second kappa shape index (κ2) is 3.93. The van der Waals surface area contributed by atoms with Crippen LogP contribution in [0, 0.1) is 5.82 Å². The third kappa shape index (κ3) is 1.76. The van der Waals surface area contributed by atoms with Crippen LogP contribution in [0.5, 0.6) is 11.5 Å². The Morgan fingerprint density at radius 1 is 1.69 bits per heavy atom. The van der Waals surface area contributed by atoms with Crippen LogP contribution >= 0.6 is 15.9 Å². The van der Waals surface area contributed by atoms with E-state index >= 15 is 0 Å². The minimum Gasteiger partial charge on any atom is -0.504 e. The zero-order valence-electron chi connectivity index (χ0n) is 6.97. The molecule has 0 aliphatic heterocycles. The zero-order valence-corrected chi connectivity index (χ0v) is 8.56. The summed E-state index contributed by atoms with van der Waals surface area (Å²) in [7, 11) is 1.28. The smallest absolute Gasteiger partial charge is 0.198 e. The molecule has 3 nitrogen and oxygen atoms in total. The second-order valence-electron chi connectivity index (χ2n) is 2.42. The van der Waals surface area contributed by atoms with Crippen molar-refractivity contribution < 1.29 is 14.2 Å². The van der Waals surface area contributed by atoms with E-state index < -0.39 is 5.82 Å². The van der Waals surface area contributed by atoms with Crippen molar-refractivity contribution in [3.8, 4) is 11.5 Å². The number of hydrogen-bond acceptors (Lipinski definition) is 3. The monoisotopic (exact) mass is 249 g/mol. The van der Waals surface area contributed by atoms with E-state index in [1.165, 1.54) is 13.2 Å². The number of phenols is 1. The van der Waals surface area contributed by atoms with Crippen LogP contribution in [0.15, 0.2) is 10.5 Å². The van der Waals surface area contributed by atoms with Gasteiger partial charge >= 0.3 is 0 Å². The lowest BCUT2D eigenvalue weighted by Gasteiger charge is -2.09. The van der Waals surface area contributed by atoms with Crippen molar-refractivity contribution >= 4 is 15.9 Å². The Bertz CT molecular complexity index is 330. The molecule has 0 aliphatic carbocycles. The number of halogens is 2. The maximum atomic E-state index is 13.2. The summed E-state index contributed by atoms with van der Waals surface area (Å²) in [6.45, 7) is 0.126. The lowest BCUT2D eigenvalue weighted by molar-refractivity contribution is 0.347. The summed E-state index contributed by atoms with van der Waals surface area (Å²) in [5, 5.41) is 9.43. The van der Waals surface area contributed by atoms with Crippen molar-refractivity contribution in [1.29, 1.82) is 0 Å². The van der Waals surface area contributed by atoms with Crippen LogP contribution in [0.4, 0.5) is 4.39 Å². The van der Waals surface area contributed by atoms with Gasteiger partial charge in [-0.25, -0.2) is 4.39 Å². The Labute approximate surface area is 83.4 Å². The fourth-order valence-corrected chi connectivity index (χ4v) is 1.44. The first kappa shape index (κ1) is 10.3. The number of methoxy groups -OCH3 is 1. The number of hydrogen-bond donors (Lipinski definition) is 2. The van der Waals surface area contributed by atoms with Crippen LogP contribution < -0.4 is 10.5 Å². The Balaban J connectivity index is 3.39. The minimum atomic E-state index is -0.628. The standard InChI is InChI=1S/C8H9BrFNO2/c1-13-8-6(10)5(9)2-4(3-11)7(8)12/h2,12H,3,11H2,1H3. The summed E-state index contributed by atoms with van der Waals surface area (Å²) >= 11 is 2.99. The van der Waals surface area contributed by atoms with Crippen molar-refractivity contribution in [2.45, 2.75) is 6.54 Å². The van der Waals surface area contributed by atoms with Gasteiger partial charge in [-0.15, -0.1) is 0 Å². The van der Waals surface area contributed by atoms with E-state index in [9.17, 15) is 9.50 Å². The fourth-order valence-electron chi connectivity index (χ4n) is 0.985. The predicted octanol–water partition coefficient (Wildman–Crippen LogP) is 1.76. The van der Waals surface area contributed by atoms with Crippen LogP contribution in [0.1, 0.15) is 5.56 Å². The topological polar surface area (TPSA) is 55.5 Å². The first-order valence-corrected chi connectivity index (χ1v) is 4.35. The molecule has 1 aromatic rings. The molecule has 5 heteroatoms. The summed E-state index contributed by atoms with van der Waals surface area (Å²) in [4.78, 5) is 0. The van der Waals surface area contributed by atoms with Crippen molar-refractivity contribution in [3.05, 3.63) is 21.9 Å². The van der Waals surface area contributed by atoms with Gasteiger partial charge in [0.25, 0.3) is 0 Å². The van der Waals surface area contributed by atoms with E-state index in [0.717, 1.165) is 0 Å². The number of phenolic OH excluding ortho intramolecular Hbond substituents is 1. The van der Waals surface area contributed by atoms with Gasteiger partial charge in [-0.3, -0.25) is 0 Å². The van der Waals surface area contributed by atoms with E-state index in [1.54, 1.807) is 0 Å². The Morgan fingerprint density at radius 3 is 2.77 bits per heavy atom. The highest BCUT2D eigenvalue weighted by Gasteiger charge is 2.16. The molecule has 1 rings (SSSR count). The van der Waals surface area contributed by atoms with Gasteiger partial charge in [0.15, 0.2) is 17.3 Å². The van der Waals surface area contributed by atoms with E-state index in [2.05, 4.69) is 20.7 Å². The van der Waals surface area contributed by atoms with Crippen LogP contribution in [-0.4, -0.2) is 12.2 Å². The molecular weight excluding hydrogens is 241 g/mol. The quantitative estimate of drug-likeness (QED) is 0.840. The van der Waals surface area contributed by atoms with Gasteiger partial charge < -0.3 is 15.6 Å². The van der Waals surface area contributed by atoms with Gasteiger partial charge in [0.2, 0.25) is 0 Å². The summed E-state index contributed by atoms with van der Waals surface area (Å²) in [5.74, 6) is -1.06. The molecule has 0 amide bonds. The Morgan fingerprint density at radius 2 is 2.31 bits per heavy atom. The molecule has 0 bridgehead atoms. The molecule has 3 N–H and O–H groups in total. The van der Waals surface area contributed by atoms with Gasteiger partial charge in [0, 0.05) is 12.1 Å². The number of benzene rings is 1. The molecule has 0 radical (unpaired) electrons. The van der Waals surface area contributed by atoms with Crippen LogP contribution in [0.3, 0.4) is 0 Å². The summed E-state index contributed by atoms with van der Waals surface area (Å²) in [5.41, 5.74) is 5.77.